The van der Waals surface area contributed by atoms with Crippen LogP contribution in [0.25, 0.3) is 11.0 Å². The second kappa shape index (κ2) is 5.24. The molecule has 0 radical (unpaired) electrons. The normalized spacial score (nSPS) is 32.3. The molecule has 1 aliphatic heterocycles. The maximum absolute atomic E-state index is 11.5. The smallest absolute Gasteiger partial charge is 0.163 e. The van der Waals surface area contributed by atoms with Crippen molar-refractivity contribution in [2.24, 2.45) is 5.92 Å². The molecule has 0 bridgehead atoms. The average Bonchev–Trinajstić information content (AvgIpc) is 3.08. The minimum absolute atomic E-state index is 0.0447. The van der Waals surface area contributed by atoms with Crippen molar-refractivity contribution in [2.45, 2.75) is 44.3 Å². The Hall–Kier alpha value is -1.02. The van der Waals surface area contributed by atoms with E-state index >= 15 is 0 Å². The van der Waals surface area contributed by atoms with Gasteiger partial charge in [-0.05, 0) is 36.2 Å². The minimum atomic E-state index is -0.692. The predicted octanol–water partition coefficient (Wildman–Crippen LogP) is 3.13. The molecule has 4 rings (SSSR count). The number of aromatic nitrogens is 3. The largest absolute Gasteiger partial charge is 0.344 e. The van der Waals surface area contributed by atoms with Crippen molar-refractivity contribution < 1.29 is 14.3 Å². The summed E-state index contributed by atoms with van der Waals surface area (Å²) in [6.07, 6.45) is 4.54. The summed E-state index contributed by atoms with van der Waals surface area (Å²) >= 11 is 9.70. The predicted molar refractivity (Wildman–Crippen MR) is 87.3 cm³/mol. The molecule has 1 saturated heterocycles. The molecule has 8 heteroatoms. The van der Waals surface area contributed by atoms with Crippen LogP contribution in [0.15, 0.2) is 17.0 Å². The van der Waals surface area contributed by atoms with Gasteiger partial charge in [-0.1, -0.05) is 11.6 Å². The van der Waals surface area contributed by atoms with Gasteiger partial charge in [0.05, 0.1) is 17.5 Å². The van der Waals surface area contributed by atoms with Crippen molar-refractivity contribution in [1.82, 2.24) is 14.5 Å². The Kier molecular flexibility index (Phi) is 3.53. The molecule has 0 N–H and O–H groups in total. The SMILES string of the molecule is CC1(C)O[C@@H]2[C@H](O1)[C@@H](C=O)C[C@H]2n1cc(Br)c2c(Cl)ncnc21. The molecule has 2 aromatic rings. The molecular weight excluding hydrogens is 386 g/mol. The summed E-state index contributed by atoms with van der Waals surface area (Å²) in [4.78, 5) is 19.8. The lowest BCUT2D eigenvalue weighted by atomic mass is 10.1. The van der Waals surface area contributed by atoms with Crippen LogP contribution in [0.2, 0.25) is 5.15 Å². The first-order valence-electron chi connectivity index (χ1n) is 7.39. The van der Waals surface area contributed by atoms with Crippen molar-refractivity contribution in [2.75, 3.05) is 0 Å². The lowest BCUT2D eigenvalue weighted by Gasteiger charge is -2.23. The first kappa shape index (κ1) is 15.5. The van der Waals surface area contributed by atoms with Crippen LogP contribution in [0, 0.1) is 5.92 Å². The van der Waals surface area contributed by atoms with Gasteiger partial charge in [0, 0.05) is 16.6 Å². The van der Waals surface area contributed by atoms with E-state index in [0.29, 0.717) is 11.6 Å². The third-order valence-corrected chi connectivity index (χ3v) is 5.42. The summed E-state index contributed by atoms with van der Waals surface area (Å²) in [6.45, 7) is 3.74. The molecule has 1 aliphatic carbocycles. The molecule has 1 saturated carbocycles. The maximum atomic E-state index is 11.5. The number of hydrogen-bond donors (Lipinski definition) is 0. The highest BCUT2D eigenvalue weighted by atomic mass is 79.9. The molecule has 122 valence electrons. The third-order valence-electron chi connectivity index (χ3n) is 4.53. The molecular formula is C15H15BrClN3O3. The van der Waals surface area contributed by atoms with Crippen LogP contribution in [0.4, 0.5) is 0 Å². The van der Waals surface area contributed by atoms with Crippen LogP contribution >= 0.6 is 27.5 Å². The number of hydrogen-bond acceptors (Lipinski definition) is 5. The van der Waals surface area contributed by atoms with E-state index in [9.17, 15) is 4.79 Å². The Morgan fingerprint density at radius 1 is 1.39 bits per heavy atom. The van der Waals surface area contributed by atoms with Crippen LogP contribution in [0.3, 0.4) is 0 Å². The van der Waals surface area contributed by atoms with E-state index in [1.165, 1.54) is 6.33 Å². The van der Waals surface area contributed by atoms with Crippen molar-refractivity contribution in [3.63, 3.8) is 0 Å². The van der Waals surface area contributed by atoms with Gasteiger partial charge in [0.2, 0.25) is 0 Å². The molecule has 2 fully saturated rings. The van der Waals surface area contributed by atoms with Crippen molar-refractivity contribution in [1.29, 1.82) is 0 Å². The fourth-order valence-electron chi connectivity index (χ4n) is 3.66. The number of nitrogens with zero attached hydrogens (tertiary/aromatic N) is 3. The molecule has 6 nitrogen and oxygen atoms in total. The highest BCUT2D eigenvalue weighted by Crippen LogP contribution is 2.47. The summed E-state index contributed by atoms with van der Waals surface area (Å²) in [5, 5.41) is 1.16. The number of carbonyl (C=O) groups is 1. The molecule has 0 aromatic carbocycles. The first-order chi connectivity index (χ1) is 10.9. The summed E-state index contributed by atoms with van der Waals surface area (Å²) in [5.41, 5.74) is 0.723. The fraction of sp³-hybridized carbons (Fsp3) is 0.533. The van der Waals surface area contributed by atoms with Gasteiger partial charge >= 0.3 is 0 Å². The van der Waals surface area contributed by atoms with Crippen LogP contribution in [-0.4, -0.2) is 38.8 Å². The maximum Gasteiger partial charge on any atom is 0.163 e. The quantitative estimate of drug-likeness (QED) is 0.572. The van der Waals surface area contributed by atoms with Gasteiger partial charge in [-0.2, -0.15) is 0 Å². The van der Waals surface area contributed by atoms with Gasteiger partial charge in [-0.25, -0.2) is 9.97 Å². The average molecular weight is 401 g/mol. The molecule has 23 heavy (non-hydrogen) atoms. The molecule has 2 aromatic heterocycles. The van der Waals surface area contributed by atoms with E-state index in [0.717, 1.165) is 21.8 Å². The standard InChI is InChI=1S/C15H15BrClN3O3/c1-15(2)22-11-7(5-21)3-9(12(11)23-15)20-4-8(16)10-13(17)18-6-19-14(10)20/h4-7,9,11-12H,3H2,1-2H3/t7-,9-,11-,12+/m1/s1. The van der Waals surface area contributed by atoms with Gasteiger partial charge in [-0.3, -0.25) is 0 Å². The van der Waals surface area contributed by atoms with Crippen LogP contribution in [0.1, 0.15) is 26.3 Å². The Labute approximate surface area is 146 Å². The Balaban J connectivity index is 1.82. The zero-order valence-electron chi connectivity index (χ0n) is 12.6. The van der Waals surface area contributed by atoms with E-state index in [2.05, 4.69) is 25.9 Å². The minimum Gasteiger partial charge on any atom is -0.344 e. The third kappa shape index (κ3) is 2.33. The van der Waals surface area contributed by atoms with Gasteiger partial charge < -0.3 is 18.8 Å². The fourth-order valence-corrected chi connectivity index (χ4v) is 4.58. The molecule has 0 amide bonds. The lowest BCUT2D eigenvalue weighted by Crippen LogP contribution is -2.27. The highest BCUT2D eigenvalue weighted by Gasteiger charge is 2.54. The van der Waals surface area contributed by atoms with E-state index < -0.39 is 5.79 Å². The second-order valence-corrected chi connectivity index (χ2v) is 7.63. The number of aldehydes is 1. The van der Waals surface area contributed by atoms with E-state index in [-0.39, 0.29) is 24.2 Å². The molecule has 0 spiro atoms. The van der Waals surface area contributed by atoms with E-state index in [1.54, 1.807) is 0 Å². The van der Waals surface area contributed by atoms with E-state index in [4.69, 9.17) is 21.1 Å². The number of ether oxygens (including phenoxy) is 2. The number of carbonyl (C=O) groups excluding carboxylic acids is 1. The number of halogens is 2. The van der Waals surface area contributed by atoms with Gasteiger partial charge in [0.15, 0.2) is 5.79 Å². The number of rotatable bonds is 2. The molecule has 4 atom stereocenters. The zero-order chi connectivity index (χ0) is 16.4. The van der Waals surface area contributed by atoms with Crippen molar-refractivity contribution in [3.8, 4) is 0 Å². The summed E-state index contributed by atoms with van der Waals surface area (Å²) in [7, 11) is 0. The summed E-state index contributed by atoms with van der Waals surface area (Å²) in [6, 6.07) is -0.0447. The van der Waals surface area contributed by atoms with Crippen molar-refractivity contribution in [3.05, 3.63) is 22.1 Å². The van der Waals surface area contributed by atoms with Crippen LogP contribution in [-0.2, 0) is 14.3 Å². The molecule has 2 aliphatic rings. The number of fused-ring (bicyclic) bond motifs is 2. The van der Waals surface area contributed by atoms with Gasteiger partial charge in [-0.15, -0.1) is 0 Å². The van der Waals surface area contributed by atoms with Gasteiger partial charge in [0.25, 0.3) is 0 Å². The zero-order valence-corrected chi connectivity index (χ0v) is 14.9. The summed E-state index contributed by atoms with van der Waals surface area (Å²) < 4.78 is 14.8. The van der Waals surface area contributed by atoms with Crippen molar-refractivity contribution >= 4 is 44.9 Å². The molecule has 3 heterocycles. The second-order valence-electron chi connectivity index (χ2n) is 6.42. The highest BCUT2D eigenvalue weighted by molar-refractivity contribution is 9.10. The van der Waals surface area contributed by atoms with Crippen LogP contribution < -0.4 is 0 Å². The Morgan fingerprint density at radius 3 is 2.87 bits per heavy atom. The Bertz CT molecular complexity index is 794. The topological polar surface area (TPSA) is 66.2 Å². The summed E-state index contributed by atoms with van der Waals surface area (Å²) in [5.74, 6) is -0.887. The first-order valence-corrected chi connectivity index (χ1v) is 8.56. The monoisotopic (exact) mass is 399 g/mol. The van der Waals surface area contributed by atoms with Crippen LogP contribution in [0.5, 0.6) is 0 Å². The Morgan fingerprint density at radius 2 is 2.13 bits per heavy atom. The molecule has 0 unspecified atom stereocenters. The lowest BCUT2D eigenvalue weighted by molar-refractivity contribution is -0.160. The van der Waals surface area contributed by atoms with E-state index in [1.807, 2.05) is 24.6 Å². The van der Waals surface area contributed by atoms with Gasteiger partial charge in [0.1, 0.15) is 29.5 Å².